The highest BCUT2D eigenvalue weighted by Crippen LogP contribution is 2.28. The number of hydrogen-bond acceptors (Lipinski definition) is 5. The zero-order valence-electron chi connectivity index (χ0n) is 8.95. The van der Waals surface area contributed by atoms with E-state index in [2.05, 4.69) is 15.0 Å². The highest BCUT2D eigenvalue weighted by Gasteiger charge is 2.28. The maximum absolute atomic E-state index is 13.5. The van der Waals surface area contributed by atoms with Crippen molar-refractivity contribution in [3.8, 4) is 5.88 Å². The summed E-state index contributed by atoms with van der Waals surface area (Å²) in [7, 11) is 1.49. The molecule has 0 spiro atoms. The normalized spacial score (nSPS) is 22.9. The number of ether oxygens (including phenoxy) is 2. The van der Waals surface area contributed by atoms with Crippen molar-refractivity contribution in [3.63, 3.8) is 0 Å². The maximum atomic E-state index is 13.5. The number of alkyl halides is 1. The third-order valence-electron chi connectivity index (χ3n) is 2.55. The van der Waals surface area contributed by atoms with E-state index < -0.39 is 12.4 Å². The predicted octanol–water partition coefficient (Wildman–Crippen LogP) is 1.22. The molecule has 1 aliphatic heterocycles. The summed E-state index contributed by atoms with van der Waals surface area (Å²) in [6.45, 7) is 0. The van der Waals surface area contributed by atoms with Crippen LogP contribution in [0.3, 0.4) is 0 Å². The molecule has 7 heteroatoms. The van der Waals surface area contributed by atoms with Crippen molar-refractivity contribution >= 4 is 11.2 Å². The van der Waals surface area contributed by atoms with Gasteiger partial charge in [-0.3, -0.25) is 4.57 Å². The number of rotatable bonds is 2. The van der Waals surface area contributed by atoms with Crippen LogP contribution < -0.4 is 4.74 Å². The van der Waals surface area contributed by atoms with E-state index in [-0.39, 0.29) is 0 Å². The average molecular weight is 236 g/mol. The number of aromatic nitrogens is 4. The molecule has 3 rings (SSSR count). The minimum atomic E-state index is -1.21. The Morgan fingerprint density at radius 2 is 2.29 bits per heavy atom. The molecule has 2 atom stereocenters. The van der Waals surface area contributed by atoms with Crippen LogP contribution in [0.25, 0.3) is 11.2 Å². The van der Waals surface area contributed by atoms with Gasteiger partial charge >= 0.3 is 0 Å². The van der Waals surface area contributed by atoms with Crippen LogP contribution in [0.1, 0.15) is 6.23 Å². The third kappa shape index (κ3) is 1.42. The Labute approximate surface area is 95.7 Å². The van der Waals surface area contributed by atoms with Crippen LogP contribution in [0, 0.1) is 0 Å². The van der Waals surface area contributed by atoms with Gasteiger partial charge in [-0.2, -0.15) is 4.98 Å². The second-order valence-corrected chi connectivity index (χ2v) is 3.51. The second-order valence-electron chi connectivity index (χ2n) is 3.51. The minimum Gasteiger partial charge on any atom is -0.479 e. The molecular weight excluding hydrogens is 227 g/mol. The SMILES string of the molecule is COc1ncnc2c1ncn2[C@@H]1OC=C[C@@H]1F. The van der Waals surface area contributed by atoms with Crippen LogP contribution in [-0.4, -0.2) is 32.8 Å². The van der Waals surface area contributed by atoms with E-state index in [9.17, 15) is 4.39 Å². The number of methoxy groups -OCH3 is 1. The van der Waals surface area contributed by atoms with Gasteiger partial charge in [0.25, 0.3) is 0 Å². The average Bonchev–Trinajstić information content (AvgIpc) is 2.94. The van der Waals surface area contributed by atoms with E-state index >= 15 is 0 Å². The summed E-state index contributed by atoms with van der Waals surface area (Å²) in [5, 5.41) is 0. The Morgan fingerprint density at radius 1 is 1.41 bits per heavy atom. The van der Waals surface area contributed by atoms with Crippen molar-refractivity contribution in [1.82, 2.24) is 19.5 Å². The summed E-state index contributed by atoms with van der Waals surface area (Å²) in [5.41, 5.74) is 0.964. The molecule has 2 aromatic heterocycles. The lowest BCUT2D eigenvalue weighted by Gasteiger charge is -2.14. The summed E-state index contributed by atoms with van der Waals surface area (Å²) < 4.78 is 25.3. The van der Waals surface area contributed by atoms with E-state index in [1.54, 1.807) is 0 Å². The summed E-state index contributed by atoms with van der Waals surface area (Å²) in [4.78, 5) is 12.1. The molecule has 0 radical (unpaired) electrons. The predicted molar refractivity (Wildman–Crippen MR) is 56.0 cm³/mol. The number of halogens is 1. The number of imidazole rings is 1. The van der Waals surface area contributed by atoms with Crippen LogP contribution in [0.2, 0.25) is 0 Å². The van der Waals surface area contributed by atoms with Crippen molar-refractivity contribution in [2.45, 2.75) is 12.4 Å². The highest BCUT2D eigenvalue weighted by molar-refractivity contribution is 5.76. The summed E-state index contributed by atoms with van der Waals surface area (Å²) in [6.07, 6.45) is 3.50. The Kier molecular flexibility index (Phi) is 2.17. The van der Waals surface area contributed by atoms with Crippen LogP contribution >= 0.6 is 0 Å². The van der Waals surface area contributed by atoms with Crippen LogP contribution in [-0.2, 0) is 4.74 Å². The Balaban J connectivity index is 2.12. The van der Waals surface area contributed by atoms with Gasteiger partial charge in [0.15, 0.2) is 17.3 Å². The fourth-order valence-electron chi connectivity index (χ4n) is 1.76. The van der Waals surface area contributed by atoms with Gasteiger partial charge in [-0.1, -0.05) is 0 Å². The summed E-state index contributed by atoms with van der Waals surface area (Å²) in [6, 6.07) is 0. The fraction of sp³-hybridized carbons (Fsp3) is 0.300. The smallest absolute Gasteiger partial charge is 0.245 e. The molecule has 2 aromatic rings. The minimum absolute atomic E-state index is 0.357. The van der Waals surface area contributed by atoms with Gasteiger partial charge in [0.05, 0.1) is 13.4 Å². The van der Waals surface area contributed by atoms with Gasteiger partial charge < -0.3 is 9.47 Å². The molecule has 0 aromatic carbocycles. The first-order valence-electron chi connectivity index (χ1n) is 4.99. The van der Waals surface area contributed by atoms with Gasteiger partial charge in [-0.05, 0) is 6.08 Å². The Morgan fingerprint density at radius 3 is 3.00 bits per heavy atom. The lowest BCUT2D eigenvalue weighted by Crippen LogP contribution is -2.16. The lowest BCUT2D eigenvalue weighted by molar-refractivity contribution is 0.0540. The van der Waals surface area contributed by atoms with E-state index in [1.807, 2.05) is 0 Å². The molecule has 0 fully saturated rings. The standard InChI is InChI=1S/C10H9FN4O2/c1-16-9-7-8(12-4-13-9)15(5-14-7)10-6(11)2-3-17-10/h2-6,10H,1H3/t6-,10+/m0/s1. The van der Waals surface area contributed by atoms with Crippen LogP contribution in [0.15, 0.2) is 25.0 Å². The number of nitrogens with zero attached hydrogens (tertiary/aromatic N) is 4. The van der Waals surface area contributed by atoms with Crippen molar-refractivity contribution in [1.29, 1.82) is 0 Å². The molecule has 88 valence electrons. The van der Waals surface area contributed by atoms with Crippen LogP contribution in [0.4, 0.5) is 4.39 Å². The van der Waals surface area contributed by atoms with Gasteiger partial charge in [0.1, 0.15) is 12.7 Å². The maximum Gasteiger partial charge on any atom is 0.245 e. The molecule has 0 bridgehead atoms. The molecule has 0 amide bonds. The summed E-state index contributed by atoms with van der Waals surface area (Å²) in [5.74, 6) is 0.357. The highest BCUT2D eigenvalue weighted by atomic mass is 19.1. The van der Waals surface area contributed by atoms with Gasteiger partial charge in [0, 0.05) is 0 Å². The first kappa shape index (κ1) is 10.0. The molecule has 3 heterocycles. The van der Waals surface area contributed by atoms with E-state index in [0.29, 0.717) is 17.0 Å². The Bertz CT molecular complexity index is 583. The fourth-order valence-corrected chi connectivity index (χ4v) is 1.76. The van der Waals surface area contributed by atoms with Gasteiger partial charge in [0.2, 0.25) is 12.1 Å². The van der Waals surface area contributed by atoms with Crippen LogP contribution in [0.5, 0.6) is 5.88 Å². The van der Waals surface area contributed by atoms with Crippen molar-refractivity contribution < 1.29 is 13.9 Å². The zero-order valence-corrected chi connectivity index (χ0v) is 8.95. The van der Waals surface area contributed by atoms with E-state index in [0.717, 1.165) is 0 Å². The monoisotopic (exact) mass is 236 g/mol. The third-order valence-corrected chi connectivity index (χ3v) is 2.55. The topological polar surface area (TPSA) is 62.1 Å². The largest absolute Gasteiger partial charge is 0.479 e. The molecule has 0 saturated heterocycles. The second kappa shape index (κ2) is 3.69. The molecule has 0 aliphatic carbocycles. The lowest BCUT2D eigenvalue weighted by atomic mass is 10.3. The molecule has 6 nitrogen and oxygen atoms in total. The number of hydrogen-bond donors (Lipinski definition) is 0. The first-order chi connectivity index (χ1) is 8.31. The van der Waals surface area contributed by atoms with Crippen molar-refractivity contribution in [2.75, 3.05) is 7.11 Å². The van der Waals surface area contributed by atoms with E-state index in [1.165, 1.54) is 36.7 Å². The number of fused-ring (bicyclic) bond motifs is 1. The molecule has 17 heavy (non-hydrogen) atoms. The van der Waals surface area contributed by atoms with Crippen molar-refractivity contribution in [2.24, 2.45) is 0 Å². The molecule has 0 unspecified atom stereocenters. The molecule has 0 saturated carbocycles. The Hall–Kier alpha value is -2.18. The van der Waals surface area contributed by atoms with Gasteiger partial charge in [-0.15, -0.1) is 0 Å². The van der Waals surface area contributed by atoms with Crippen molar-refractivity contribution in [3.05, 3.63) is 25.0 Å². The van der Waals surface area contributed by atoms with Gasteiger partial charge in [-0.25, -0.2) is 14.4 Å². The van der Waals surface area contributed by atoms with E-state index in [4.69, 9.17) is 9.47 Å². The first-order valence-corrected chi connectivity index (χ1v) is 4.99. The summed E-state index contributed by atoms with van der Waals surface area (Å²) >= 11 is 0. The quantitative estimate of drug-likeness (QED) is 0.784. The molecular formula is C10H9FN4O2. The molecule has 0 N–H and O–H groups in total. The molecule has 1 aliphatic rings. The zero-order chi connectivity index (χ0) is 11.8.